The maximum atomic E-state index is 14.1. The second-order valence-electron chi connectivity index (χ2n) is 15.4. The lowest BCUT2D eigenvalue weighted by atomic mass is 9.85. The largest absolute Gasteiger partial charge is 0.465 e. The molecule has 0 radical (unpaired) electrons. The number of piperazine rings is 1. The van der Waals surface area contributed by atoms with Crippen LogP contribution >= 0.6 is 11.3 Å². The molecule has 14 nitrogen and oxygen atoms in total. The molecule has 1 aromatic carbocycles. The van der Waals surface area contributed by atoms with Crippen LogP contribution in [0.15, 0.2) is 48.1 Å². The molecule has 6 rings (SSSR count). The Balaban J connectivity index is 0.00000561. The molecule has 292 valence electrons. The van der Waals surface area contributed by atoms with Crippen LogP contribution in [0.3, 0.4) is 0 Å². The van der Waals surface area contributed by atoms with Crippen LogP contribution in [0, 0.1) is 12.3 Å². The van der Waals surface area contributed by atoms with Crippen LogP contribution in [-0.2, 0) is 19.1 Å². The second kappa shape index (κ2) is 17.4. The van der Waals surface area contributed by atoms with Gasteiger partial charge in [-0.05, 0) is 55.4 Å². The molecule has 0 aliphatic carbocycles. The van der Waals surface area contributed by atoms with E-state index in [9.17, 15) is 19.2 Å². The number of thiazole rings is 1. The SMILES string of the molecule is COC(=O)c1ccc(N2CC(N3CCN(CC(=O)N[C@H](C(=O)N4CCCC4C(=O)N[C@@H](C)c4ccc(-c5scnc5C)cc4)C(C)(C)C)CC3)C2)nc1.O. The van der Waals surface area contributed by atoms with Crippen LogP contribution in [0.4, 0.5) is 5.82 Å². The number of likely N-dealkylation sites (tertiary alicyclic amines) is 1. The number of carbonyl (C=O) groups excluding carboxylic acids is 4. The van der Waals surface area contributed by atoms with E-state index in [0.29, 0.717) is 24.6 Å². The van der Waals surface area contributed by atoms with Crippen molar-refractivity contribution >= 4 is 40.8 Å². The Morgan fingerprint density at radius 2 is 1.67 bits per heavy atom. The second-order valence-corrected chi connectivity index (χ2v) is 16.3. The van der Waals surface area contributed by atoms with Gasteiger partial charge >= 0.3 is 5.97 Å². The zero-order valence-corrected chi connectivity index (χ0v) is 32.9. The third-order valence-electron chi connectivity index (χ3n) is 10.7. The van der Waals surface area contributed by atoms with Crippen molar-refractivity contribution in [3.05, 3.63) is 64.9 Å². The highest BCUT2D eigenvalue weighted by Crippen LogP contribution is 2.30. The van der Waals surface area contributed by atoms with E-state index in [-0.39, 0.29) is 35.8 Å². The molecule has 3 saturated heterocycles. The van der Waals surface area contributed by atoms with E-state index in [2.05, 4.69) is 47.4 Å². The number of ether oxygens (including phenoxy) is 1. The molecule has 54 heavy (non-hydrogen) atoms. The lowest BCUT2D eigenvalue weighted by Gasteiger charge is -2.48. The molecule has 3 atom stereocenters. The van der Waals surface area contributed by atoms with Crippen LogP contribution in [0.1, 0.15) is 68.2 Å². The number of nitrogens with one attached hydrogen (secondary N) is 2. The molecule has 3 aliphatic rings. The predicted octanol–water partition coefficient (Wildman–Crippen LogP) is 2.68. The molecule has 3 aliphatic heterocycles. The van der Waals surface area contributed by atoms with E-state index in [0.717, 1.165) is 73.2 Å². The normalized spacial score (nSPS) is 19.3. The quantitative estimate of drug-likeness (QED) is 0.277. The van der Waals surface area contributed by atoms with Crippen LogP contribution in [0.2, 0.25) is 0 Å². The Hall–Kier alpha value is -4.44. The average molecular weight is 763 g/mol. The summed E-state index contributed by atoms with van der Waals surface area (Å²) in [6.45, 7) is 15.4. The summed E-state index contributed by atoms with van der Waals surface area (Å²) < 4.78 is 4.76. The van der Waals surface area contributed by atoms with Gasteiger partial charge < -0.3 is 30.6 Å². The lowest BCUT2D eigenvalue weighted by Crippen LogP contribution is -2.64. The fourth-order valence-corrected chi connectivity index (χ4v) is 8.21. The molecular weight excluding hydrogens is 709 g/mol. The molecule has 0 bridgehead atoms. The topological polar surface area (TPSA) is 172 Å². The van der Waals surface area contributed by atoms with Crippen LogP contribution in [-0.4, -0.2) is 131 Å². The van der Waals surface area contributed by atoms with Crippen molar-refractivity contribution in [2.75, 3.05) is 64.4 Å². The van der Waals surface area contributed by atoms with E-state index in [1.54, 1.807) is 28.5 Å². The number of benzene rings is 1. The molecule has 15 heteroatoms. The van der Waals surface area contributed by atoms with E-state index in [4.69, 9.17) is 4.74 Å². The first-order valence-electron chi connectivity index (χ1n) is 18.5. The summed E-state index contributed by atoms with van der Waals surface area (Å²) in [5.74, 6) is -0.135. The number of aryl methyl sites for hydroxylation is 1. The van der Waals surface area contributed by atoms with Gasteiger partial charge in [0.2, 0.25) is 17.7 Å². The van der Waals surface area contributed by atoms with Crippen molar-refractivity contribution in [1.29, 1.82) is 0 Å². The van der Waals surface area contributed by atoms with Gasteiger partial charge in [0.1, 0.15) is 17.9 Å². The van der Waals surface area contributed by atoms with Crippen molar-refractivity contribution in [3.63, 3.8) is 0 Å². The maximum Gasteiger partial charge on any atom is 0.339 e. The summed E-state index contributed by atoms with van der Waals surface area (Å²) in [6.07, 6.45) is 2.86. The Kier molecular flexibility index (Phi) is 13.1. The Morgan fingerprint density at radius 3 is 2.26 bits per heavy atom. The highest BCUT2D eigenvalue weighted by atomic mass is 32.1. The summed E-state index contributed by atoms with van der Waals surface area (Å²) in [5.41, 5.74) is 4.80. The lowest BCUT2D eigenvalue weighted by molar-refractivity contribution is -0.144. The zero-order valence-electron chi connectivity index (χ0n) is 32.1. The maximum absolute atomic E-state index is 14.1. The Bertz CT molecular complexity index is 1760. The van der Waals surface area contributed by atoms with Crippen molar-refractivity contribution in [3.8, 4) is 10.4 Å². The van der Waals surface area contributed by atoms with Crippen molar-refractivity contribution in [1.82, 2.24) is 35.3 Å². The number of anilines is 1. The fourth-order valence-electron chi connectivity index (χ4n) is 7.39. The first-order chi connectivity index (χ1) is 25.3. The number of hydrogen-bond acceptors (Lipinski definition) is 11. The predicted molar refractivity (Wildman–Crippen MR) is 208 cm³/mol. The number of pyridine rings is 1. The van der Waals surface area contributed by atoms with E-state index in [1.807, 2.05) is 58.3 Å². The van der Waals surface area contributed by atoms with Crippen molar-refractivity contribution in [2.24, 2.45) is 5.41 Å². The summed E-state index contributed by atoms with van der Waals surface area (Å²) >= 11 is 1.61. The molecule has 0 spiro atoms. The van der Waals surface area contributed by atoms with Crippen molar-refractivity contribution in [2.45, 2.75) is 71.6 Å². The molecule has 4 N–H and O–H groups in total. The minimum atomic E-state index is -0.763. The van der Waals surface area contributed by atoms with E-state index >= 15 is 0 Å². The standard InChI is InChI=1S/C39H52N8O5S.H2O/c1-25(27-9-11-28(12-10-27)34-26(2)41-24-53-34)42-36(49)31-8-7-15-47(31)37(50)35(39(3,4)5)43-33(48)23-44-16-18-45(19-17-44)30-21-46(22-30)32-14-13-29(20-40-32)38(51)52-6;/h9-14,20,24-25,30-31,35H,7-8,15-19,21-23H2,1-6H3,(H,42,49)(H,43,48);1H2/t25-,31?,35+;/m0./s1. The molecule has 3 amide bonds. The zero-order chi connectivity index (χ0) is 37.9. The highest BCUT2D eigenvalue weighted by Gasteiger charge is 2.42. The molecular formula is C39H54N8O6S. The Labute approximate surface area is 321 Å². The number of carbonyl (C=O) groups is 4. The first-order valence-corrected chi connectivity index (χ1v) is 19.4. The minimum Gasteiger partial charge on any atom is -0.465 e. The number of nitrogens with zero attached hydrogens (tertiary/aromatic N) is 6. The van der Waals surface area contributed by atoms with Gasteiger partial charge in [-0.3, -0.25) is 24.2 Å². The third kappa shape index (κ3) is 9.25. The number of amides is 3. The summed E-state index contributed by atoms with van der Waals surface area (Å²) in [4.78, 5) is 71.2. The molecule has 1 unspecified atom stereocenters. The van der Waals surface area contributed by atoms with Gasteiger partial charge in [-0.25, -0.2) is 14.8 Å². The van der Waals surface area contributed by atoms with Gasteiger partial charge in [0.05, 0.1) is 41.3 Å². The molecule has 5 heterocycles. The smallest absolute Gasteiger partial charge is 0.339 e. The Morgan fingerprint density at radius 1 is 0.963 bits per heavy atom. The van der Waals surface area contributed by atoms with Gasteiger partial charge in [-0.15, -0.1) is 11.3 Å². The number of rotatable bonds is 11. The summed E-state index contributed by atoms with van der Waals surface area (Å²) in [6, 6.07) is 10.6. The monoisotopic (exact) mass is 762 g/mol. The van der Waals surface area contributed by atoms with Gasteiger partial charge in [-0.1, -0.05) is 45.0 Å². The van der Waals surface area contributed by atoms with E-state index < -0.39 is 23.5 Å². The van der Waals surface area contributed by atoms with Crippen LogP contribution in [0.25, 0.3) is 10.4 Å². The molecule has 2 aromatic heterocycles. The highest BCUT2D eigenvalue weighted by molar-refractivity contribution is 7.13. The number of methoxy groups -OCH3 is 1. The summed E-state index contributed by atoms with van der Waals surface area (Å²) in [7, 11) is 1.36. The van der Waals surface area contributed by atoms with Crippen molar-refractivity contribution < 1.29 is 29.4 Å². The summed E-state index contributed by atoms with van der Waals surface area (Å²) in [5, 5.41) is 6.20. The van der Waals surface area contributed by atoms with Crippen LogP contribution in [0.5, 0.6) is 0 Å². The van der Waals surface area contributed by atoms with Gasteiger partial charge in [0.25, 0.3) is 0 Å². The van der Waals surface area contributed by atoms with Gasteiger partial charge in [-0.2, -0.15) is 0 Å². The van der Waals surface area contributed by atoms with Crippen LogP contribution < -0.4 is 15.5 Å². The average Bonchev–Trinajstić information content (AvgIpc) is 3.79. The fraction of sp³-hybridized carbons (Fsp3) is 0.538. The number of aromatic nitrogens is 2. The van der Waals surface area contributed by atoms with Gasteiger partial charge in [0, 0.05) is 58.1 Å². The van der Waals surface area contributed by atoms with Gasteiger partial charge in [0.15, 0.2) is 0 Å². The number of hydrogen-bond donors (Lipinski definition) is 2. The molecule has 3 fully saturated rings. The third-order valence-corrected chi connectivity index (χ3v) is 11.7. The van der Waals surface area contributed by atoms with E-state index in [1.165, 1.54) is 7.11 Å². The molecule has 0 saturated carbocycles. The number of esters is 1. The first kappa shape index (κ1) is 40.7. The minimum absolute atomic E-state index is 0. The molecule has 3 aromatic rings.